The van der Waals surface area contributed by atoms with Crippen LogP contribution in [-0.4, -0.2) is 75.9 Å². The summed E-state index contributed by atoms with van der Waals surface area (Å²) in [6, 6.07) is 12.0. The summed E-state index contributed by atoms with van der Waals surface area (Å²) in [5.74, 6) is -0.724. The number of rotatable bonds is 13. The Morgan fingerprint density at radius 3 is 1.46 bits per heavy atom. The lowest BCUT2D eigenvalue weighted by molar-refractivity contribution is -0.138. The quantitative estimate of drug-likeness (QED) is 0.0555. The molecule has 4 aromatic rings. The summed E-state index contributed by atoms with van der Waals surface area (Å²) in [6.45, 7) is -1.18. The lowest BCUT2D eigenvalue weighted by atomic mass is 10.1. The minimum Gasteiger partial charge on any atom is -0.363 e. The van der Waals surface area contributed by atoms with Crippen LogP contribution < -0.4 is 8.61 Å². The number of hydrogen-bond donors (Lipinski definition) is 0. The number of ether oxygens (including phenoxy) is 2. The van der Waals surface area contributed by atoms with E-state index in [0.717, 1.165) is 29.3 Å². The molecular weight excluding hydrogens is 926 g/mol. The molecule has 0 aliphatic heterocycles. The minimum absolute atomic E-state index is 0. The molecule has 59 heavy (non-hydrogen) atoms. The van der Waals surface area contributed by atoms with E-state index in [1.165, 1.54) is 64.8 Å². The highest BCUT2D eigenvalue weighted by molar-refractivity contribution is 7.93. The van der Waals surface area contributed by atoms with Gasteiger partial charge in [0.05, 0.1) is 55.0 Å². The molecule has 0 aromatic heterocycles. The molecule has 4 aromatic carbocycles. The molecule has 0 N–H and O–H groups in total. The van der Waals surface area contributed by atoms with Gasteiger partial charge in [-0.1, -0.05) is 53.8 Å². The molecule has 4 rings (SSSR count). The second kappa shape index (κ2) is 20.6. The van der Waals surface area contributed by atoms with Crippen molar-refractivity contribution in [1.29, 1.82) is 0 Å². The number of methoxy groups -OCH3 is 2. The van der Waals surface area contributed by atoms with E-state index in [0.29, 0.717) is 27.0 Å². The maximum Gasteiger partial charge on any atom is 0.417 e. The Balaban J connectivity index is 0.000000404. The summed E-state index contributed by atoms with van der Waals surface area (Å²) in [4.78, 5) is 27.4. The molecule has 0 saturated heterocycles. The minimum atomic E-state index is -4.88. The Labute approximate surface area is 355 Å². The van der Waals surface area contributed by atoms with Gasteiger partial charge in [0.25, 0.3) is 26.0 Å². The molecule has 1 amide bonds. The first-order chi connectivity index (χ1) is 26.9. The van der Waals surface area contributed by atoms with Gasteiger partial charge in [-0.05, 0) is 72.8 Å². The van der Waals surface area contributed by atoms with Crippen molar-refractivity contribution in [3.63, 3.8) is 0 Å². The largest absolute Gasteiger partial charge is 0.417 e. The first-order valence-electron chi connectivity index (χ1n) is 15.5. The van der Waals surface area contributed by atoms with Gasteiger partial charge >= 0.3 is 12.4 Å². The molecule has 324 valence electrons. The Kier molecular flexibility index (Phi) is 17.9. The number of anilines is 2. The number of sulfonamides is 2. The highest BCUT2D eigenvalue weighted by atomic mass is 35.5. The zero-order valence-corrected chi connectivity index (χ0v) is 34.7. The third-order valence-electron chi connectivity index (χ3n) is 7.56. The summed E-state index contributed by atoms with van der Waals surface area (Å²) in [7, 11) is -4.28. The highest BCUT2D eigenvalue weighted by Crippen LogP contribution is 2.39. The van der Waals surface area contributed by atoms with Crippen LogP contribution in [0.1, 0.15) is 39.3 Å². The third-order valence-corrected chi connectivity index (χ3v) is 12.2. The molecular formula is C35H33Cl4F6N3O9S2. The predicted octanol–water partition coefficient (Wildman–Crippen LogP) is 9.70. The second-order valence-corrected chi connectivity index (χ2v) is 16.7. The van der Waals surface area contributed by atoms with Crippen molar-refractivity contribution in [2.75, 3.05) is 50.4 Å². The fraction of sp³-hybridized carbons (Fsp3) is 0.257. The molecule has 0 aliphatic rings. The number of halogens is 10. The van der Waals surface area contributed by atoms with Gasteiger partial charge < -0.3 is 9.47 Å². The summed E-state index contributed by atoms with van der Waals surface area (Å²) >= 11 is 23.0. The van der Waals surface area contributed by atoms with Crippen LogP contribution in [0.25, 0.3) is 0 Å². The monoisotopic (exact) mass is 957 g/mol. The van der Waals surface area contributed by atoms with Crippen molar-refractivity contribution in [3.8, 4) is 0 Å². The number of aldehydes is 1. The molecule has 0 saturated carbocycles. The van der Waals surface area contributed by atoms with Crippen molar-refractivity contribution in [2.45, 2.75) is 29.6 Å². The summed E-state index contributed by atoms with van der Waals surface area (Å²) in [5.41, 5.74) is -3.16. The van der Waals surface area contributed by atoms with E-state index in [4.69, 9.17) is 60.7 Å². The topological polar surface area (TPSA) is 140 Å². The van der Waals surface area contributed by atoms with Gasteiger partial charge in [-0.25, -0.2) is 30.5 Å². The van der Waals surface area contributed by atoms with E-state index in [1.54, 1.807) is 0 Å². The molecule has 0 atom stereocenters. The zero-order chi connectivity index (χ0) is 44.0. The standard InChI is InChI=1S/C18H17Cl2F3N2O5S.C16H12Cl2F3NO4S.CH4/c1-24(30-3)17(26)13-6-4-11(19)8-16(13)25(10-29-2)31(27,28)12-5-7-15(20)14(9-12)18(21,22)23;1-26-9-22(15-6-11(17)3-2-10(15)8-23)27(24,25)12-4-5-14(18)13(7-12)16(19,20)21;/h4-9H,10H2,1-3H3;2-8H,9H2,1H3;1H4. The van der Waals surface area contributed by atoms with Crippen LogP contribution in [0.4, 0.5) is 37.7 Å². The van der Waals surface area contributed by atoms with Crippen molar-refractivity contribution < 1.29 is 67.1 Å². The van der Waals surface area contributed by atoms with Gasteiger partial charge in [0, 0.05) is 36.9 Å². The molecule has 12 nitrogen and oxygen atoms in total. The maximum atomic E-state index is 13.3. The molecule has 0 bridgehead atoms. The van der Waals surface area contributed by atoms with Crippen LogP contribution in [0.15, 0.2) is 82.6 Å². The summed E-state index contributed by atoms with van der Waals surface area (Å²) < 4.78 is 143. The van der Waals surface area contributed by atoms with Gasteiger partial charge in [-0.15, -0.1) is 0 Å². The lowest BCUT2D eigenvalue weighted by Gasteiger charge is -2.27. The number of benzene rings is 4. The second-order valence-electron chi connectivity index (χ2n) is 11.3. The molecule has 0 heterocycles. The number of carbonyl (C=O) groups is 2. The van der Waals surface area contributed by atoms with E-state index in [9.17, 15) is 52.8 Å². The van der Waals surface area contributed by atoms with Gasteiger partial charge in [0.1, 0.15) is 13.5 Å². The number of nitrogens with zero attached hydrogens (tertiary/aromatic N) is 3. The predicted molar refractivity (Wildman–Crippen MR) is 210 cm³/mol. The number of hydrogen-bond acceptors (Lipinski definition) is 9. The van der Waals surface area contributed by atoms with E-state index in [-0.39, 0.29) is 40.0 Å². The van der Waals surface area contributed by atoms with Gasteiger partial charge in [-0.3, -0.25) is 14.4 Å². The van der Waals surface area contributed by atoms with Crippen LogP contribution in [0.5, 0.6) is 0 Å². The van der Waals surface area contributed by atoms with Gasteiger partial charge in [-0.2, -0.15) is 26.3 Å². The van der Waals surface area contributed by atoms with Crippen molar-refractivity contribution in [2.24, 2.45) is 0 Å². The Bertz CT molecular complexity index is 2370. The molecule has 0 spiro atoms. The smallest absolute Gasteiger partial charge is 0.363 e. The average Bonchev–Trinajstić information content (AvgIpc) is 3.14. The number of carbonyl (C=O) groups excluding carboxylic acids is 2. The zero-order valence-electron chi connectivity index (χ0n) is 30.0. The number of amides is 1. The summed E-state index contributed by atoms with van der Waals surface area (Å²) in [6.07, 6.45) is -9.33. The Hall–Kier alpha value is -3.86. The van der Waals surface area contributed by atoms with Crippen LogP contribution in [0.2, 0.25) is 20.1 Å². The molecule has 0 aliphatic carbocycles. The molecule has 0 unspecified atom stereocenters. The van der Waals surface area contributed by atoms with Crippen molar-refractivity contribution >= 4 is 90.0 Å². The van der Waals surface area contributed by atoms with E-state index in [2.05, 4.69) is 0 Å². The highest BCUT2D eigenvalue weighted by Gasteiger charge is 2.38. The SMILES string of the molecule is C.COCN(c1cc(Cl)ccc1C(=O)N(C)OC)S(=O)(=O)c1ccc(Cl)c(C(F)(F)F)c1.COCN(c1cc(Cl)ccc1C=O)S(=O)(=O)c1ccc(Cl)c(C(F)(F)F)c1. The fourth-order valence-electron chi connectivity index (χ4n) is 4.77. The normalized spacial score (nSPS) is 11.8. The molecule has 0 fully saturated rings. The van der Waals surface area contributed by atoms with Gasteiger partial charge in [0.15, 0.2) is 6.29 Å². The van der Waals surface area contributed by atoms with Crippen LogP contribution in [-0.2, 0) is 46.7 Å². The van der Waals surface area contributed by atoms with Crippen LogP contribution in [0.3, 0.4) is 0 Å². The Morgan fingerprint density at radius 1 is 0.661 bits per heavy atom. The van der Waals surface area contributed by atoms with Gasteiger partial charge in [0.2, 0.25) is 0 Å². The van der Waals surface area contributed by atoms with Crippen LogP contribution >= 0.6 is 46.4 Å². The molecule has 0 radical (unpaired) electrons. The lowest BCUT2D eigenvalue weighted by Crippen LogP contribution is -2.35. The number of hydroxylamine groups is 2. The fourth-order valence-corrected chi connectivity index (χ4v) is 8.39. The van der Waals surface area contributed by atoms with E-state index < -0.39 is 82.7 Å². The van der Waals surface area contributed by atoms with Crippen molar-refractivity contribution in [1.82, 2.24) is 5.06 Å². The summed E-state index contributed by atoms with van der Waals surface area (Å²) in [5, 5.41) is -0.260. The maximum absolute atomic E-state index is 13.3. The first kappa shape index (κ1) is 51.3. The average molecular weight is 960 g/mol. The van der Waals surface area contributed by atoms with E-state index in [1.807, 2.05) is 0 Å². The first-order valence-corrected chi connectivity index (χ1v) is 19.9. The van der Waals surface area contributed by atoms with E-state index >= 15 is 0 Å². The number of alkyl halides is 6. The van der Waals surface area contributed by atoms with Crippen molar-refractivity contribution in [3.05, 3.63) is 115 Å². The molecule has 24 heteroatoms. The third kappa shape index (κ3) is 12.1. The van der Waals surface area contributed by atoms with Crippen LogP contribution in [0, 0.1) is 0 Å². The Morgan fingerprint density at radius 2 is 1.07 bits per heavy atom.